The van der Waals surface area contributed by atoms with Crippen LogP contribution >= 0.6 is 11.8 Å². The summed E-state index contributed by atoms with van der Waals surface area (Å²) in [6.45, 7) is 5.81. The van der Waals surface area contributed by atoms with Crippen molar-refractivity contribution in [3.63, 3.8) is 0 Å². The Morgan fingerprint density at radius 1 is 0.842 bits per heavy atom. The van der Waals surface area contributed by atoms with Gasteiger partial charge in [-0.25, -0.2) is 0 Å². The molecule has 0 spiro atoms. The first kappa shape index (κ1) is 19.2. The summed E-state index contributed by atoms with van der Waals surface area (Å²) in [6, 6.07) is 0. The molecule has 0 rings (SSSR count). The number of hydrogen-bond acceptors (Lipinski definition) is 4. The summed E-state index contributed by atoms with van der Waals surface area (Å²) in [5.74, 6) is 2.36. The Kier molecular flexibility index (Phi) is 16.5. The largest absolute Gasteiger partial charge is 0.396 e. The van der Waals surface area contributed by atoms with Gasteiger partial charge in [0.1, 0.15) is 0 Å². The van der Waals surface area contributed by atoms with Crippen LogP contribution in [0.1, 0.15) is 58.8 Å². The Labute approximate surface area is 123 Å². The molecule has 0 aliphatic heterocycles. The quantitative estimate of drug-likeness (QED) is 0.368. The summed E-state index contributed by atoms with van der Waals surface area (Å²) in [6.07, 6.45) is 8.31. The van der Waals surface area contributed by atoms with Gasteiger partial charge in [0.05, 0.1) is 0 Å². The molecule has 0 aromatic rings. The van der Waals surface area contributed by atoms with Gasteiger partial charge in [-0.05, 0) is 38.2 Å². The second-order valence-corrected chi connectivity index (χ2v) is 5.81. The highest BCUT2D eigenvalue weighted by Gasteiger charge is 2.06. The predicted octanol–water partition coefficient (Wildman–Crippen LogP) is 3.84. The van der Waals surface area contributed by atoms with Crippen molar-refractivity contribution in [2.75, 3.05) is 31.3 Å². The zero-order valence-corrected chi connectivity index (χ0v) is 13.6. The Bertz CT molecular complexity index is 161. The second kappa shape index (κ2) is 16.3. The van der Waals surface area contributed by atoms with Crippen molar-refractivity contribution in [2.45, 2.75) is 65.1 Å². The van der Waals surface area contributed by atoms with Crippen LogP contribution in [0.5, 0.6) is 0 Å². The minimum Gasteiger partial charge on any atom is -0.396 e. The minimum atomic E-state index is -0.0130. The van der Waals surface area contributed by atoms with Gasteiger partial charge in [0.25, 0.3) is 0 Å². The van der Waals surface area contributed by atoms with Crippen LogP contribution in [0.2, 0.25) is 0 Å². The molecule has 19 heavy (non-hydrogen) atoms. The van der Waals surface area contributed by atoms with Crippen molar-refractivity contribution >= 4 is 11.8 Å². The van der Waals surface area contributed by atoms with Gasteiger partial charge < -0.3 is 14.6 Å². The standard InChI is InChI=1S/C15H32O3S/c1-3-17-15(18-4-2)11-14-19-13-10-8-6-5-7-9-12-16/h15-16H,3-14H2,1-2H3. The van der Waals surface area contributed by atoms with E-state index in [2.05, 4.69) is 0 Å². The molecule has 1 N–H and O–H groups in total. The van der Waals surface area contributed by atoms with Crippen LogP contribution in [-0.2, 0) is 9.47 Å². The molecule has 4 heteroatoms. The predicted molar refractivity (Wildman–Crippen MR) is 83.8 cm³/mol. The summed E-state index contributed by atoms with van der Waals surface area (Å²) >= 11 is 2.00. The van der Waals surface area contributed by atoms with Gasteiger partial charge in [0.15, 0.2) is 6.29 Å². The van der Waals surface area contributed by atoms with Crippen molar-refractivity contribution in [1.82, 2.24) is 0 Å². The van der Waals surface area contributed by atoms with Crippen LogP contribution in [0.4, 0.5) is 0 Å². The van der Waals surface area contributed by atoms with Gasteiger partial charge in [0.2, 0.25) is 0 Å². The fourth-order valence-electron chi connectivity index (χ4n) is 1.89. The first-order chi connectivity index (χ1) is 9.35. The number of ether oxygens (including phenoxy) is 2. The van der Waals surface area contributed by atoms with E-state index in [0.29, 0.717) is 6.61 Å². The molecule has 116 valence electrons. The summed E-state index contributed by atoms with van der Waals surface area (Å²) in [7, 11) is 0. The average molecular weight is 292 g/mol. The fourth-order valence-corrected chi connectivity index (χ4v) is 2.86. The maximum absolute atomic E-state index is 8.66. The number of hydrogen-bond donors (Lipinski definition) is 1. The number of rotatable bonds is 15. The Balaban J connectivity index is 3.20. The number of thioether (sulfide) groups is 1. The van der Waals surface area contributed by atoms with Gasteiger partial charge in [-0.2, -0.15) is 11.8 Å². The van der Waals surface area contributed by atoms with Crippen LogP contribution < -0.4 is 0 Å². The Morgan fingerprint density at radius 2 is 1.42 bits per heavy atom. The van der Waals surface area contributed by atoms with Crippen molar-refractivity contribution in [1.29, 1.82) is 0 Å². The third-order valence-corrected chi connectivity index (χ3v) is 4.00. The SMILES string of the molecule is CCOC(CCSCCCCCCCCO)OCC. The normalized spacial score (nSPS) is 11.4. The monoisotopic (exact) mass is 292 g/mol. The molecular weight excluding hydrogens is 260 g/mol. The lowest BCUT2D eigenvalue weighted by Gasteiger charge is -2.16. The van der Waals surface area contributed by atoms with Crippen LogP contribution in [-0.4, -0.2) is 42.7 Å². The lowest BCUT2D eigenvalue weighted by Crippen LogP contribution is -2.18. The van der Waals surface area contributed by atoms with Crippen molar-refractivity contribution < 1.29 is 14.6 Å². The fraction of sp³-hybridized carbons (Fsp3) is 1.00. The van der Waals surface area contributed by atoms with E-state index in [0.717, 1.165) is 31.8 Å². The molecule has 0 saturated heterocycles. The molecule has 0 aromatic carbocycles. The van der Waals surface area contributed by atoms with Crippen LogP contribution in [0.25, 0.3) is 0 Å². The van der Waals surface area contributed by atoms with E-state index in [1.165, 1.54) is 37.9 Å². The Hall–Kier alpha value is 0.230. The van der Waals surface area contributed by atoms with Crippen molar-refractivity contribution in [3.8, 4) is 0 Å². The van der Waals surface area contributed by atoms with E-state index in [-0.39, 0.29) is 6.29 Å². The van der Waals surface area contributed by atoms with E-state index in [4.69, 9.17) is 14.6 Å². The van der Waals surface area contributed by atoms with Crippen LogP contribution in [0.15, 0.2) is 0 Å². The third-order valence-electron chi connectivity index (χ3n) is 2.90. The van der Waals surface area contributed by atoms with Crippen molar-refractivity contribution in [3.05, 3.63) is 0 Å². The van der Waals surface area contributed by atoms with E-state index in [1.54, 1.807) is 0 Å². The Morgan fingerprint density at radius 3 is 2.00 bits per heavy atom. The van der Waals surface area contributed by atoms with E-state index in [9.17, 15) is 0 Å². The number of aliphatic hydroxyl groups is 1. The molecule has 0 unspecified atom stereocenters. The maximum Gasteiger partial charge on any atom is 0.158 e. The lowest BCUT2D eigenvalue weighted by atomic mass is 10.1. The highest BCUT2D eigenvalue weighted by molar-refractivity contribution is 7.99. The molecule has 0 heterocycles. The second-order valence-electron chi connectivity index (χ2n) is 4.59. The number of unbranched alkanes of at least 4 members (excludes halogenated alkanes) is 5. The molecule has 0 atom stereocenters. The number of aliphatic hydroxyl groups excluding tert-OH is 1. The minimum absolute atomic E-state index is 0.0130. The van der Waals surface area contributed by atoms with Gasteiger partial charge in [-0.15, -0.1) is 0 Å². The topological polar surface area (TPSA) is 38.7 Å². The average Bonchev–Trinajstić information content (AvgIpc) is 2.41. The smallest absolute Gasteiger partial charge is 0.158 e. The van der Waals surface area contributed by atoms with Gasteiger partial charge in [-0.1, -0.05) is 25.7 Å². The molecule has 0 fully saturated rings. The molecule has 0 aliphatic carbocycles. The summed E-state index contributed by atoms with van der Waals surface area (Å²) < 4.78 is 11.0. The maximum atomic E-state index is 8.66. The molecule has 0 saturated carbocycles. The highest BCUT2D eigenvalue weighted by atomic mass is 32.2. The molecular formula is C15H32O3S. The summed E-state index contributed by atoms with van der Waals surface area (Å²) in [5, 5.41) is 8.66. The van der Waals surface area contributed by atoms with E-state index >= 15 is 0 Å². The summed E-state index contributed by atoms with van der Waals surface area (Å²) in [4.78, 5) is 0. The zero-order chi connectivity index (χ0) is 14.2. The van der Waals surface area contributed by atoms with Gasteiger partial charge in [-0.3, -0.25) is 0 Å². The van der Waals surface area contributed by atoms with Gasteiger partial charge >= 0.3 is 0 Å². The third kappa shape index (κ3) is 14.4. The molecule has 3 nitrogen and oxygen atoms in total. The first-order valence-electron chi connectivity index (χ1n) is 7.76. The molecule has 0 aliphatic rings. The summed E-state index contributed by atoms with van der Waals surface area (Å²) in [5.41, 5.74) is 0. The molecule has 0 radical (unpaired) electrons. The van der Waals surface area contributed by atoms with Crippen LogP contribution in [0, 0.1) is 0 Å². The molecule has 0 aromatic heterocycles. The van der Waals surface area contributed by atoms with Gasteiger partial charge in [0, 0.05) is 26.2 Å². The van der Waals surface area contributed by atoms with Crippen LogP contribution in [0.3, 0.4) is 0 Å². The van der Waals surface area contributed by atoms with Crippen molar-refractivity contribution in [2.24, 2.45) is 0 Å². The first-order valence-corrected chi connectivity index (χ1v) is 8.92. The molecule has 0 amide bonds. The van der Waals surface area contributed by atoms with E-state index in [1.807, 2.05) is 25.6 Å². The molecule has 0 bridgehead atoms. The zero-order valence-electron chi connectivity index (χ0n) is 12.7. The van der Waals surface area contributed by atoms with E-state index < -0.39 is 0 Å². The lowest BCUT2D eigenvalue weighted by molar-refractivity contribution is -0.136. The highest BCUT2D eigenvalue weighted by Crippen LogP contribution is 2.13.